The highest BCUT2D eigenvalue weighted by molar-refractivity contribution is 9.10. The maximum Gasteiger partial charge on any atom is 0.223 e. The Morgan fingerprint density at radius 2 is 2.35 bits per heavy atom. The Bertz CT molecular complexity index is 412. The summed E-state index contributed by atoms with van der Waals surface area (Å²) in [6.45, 7) is 6.98. The summed E-state index contributed by atoms with van der Waals surface area (Å²) in [5.74, 6) is 0.127. The Labute approximate surface area is 109 Å². The zero-order valence-electron chi connectivity index (χ0n) is 10.2. The summed E-state index contributed by atoms with van der Waals surface area (Å²) in [5, 5.41) is 3.14. The van der Waals surface area contributed by atoms with Crippen LogP contribution in [0.1, 0.15) is 19.5 Å². The molecule has 1 aliphatic rings. The number of halogens is 1. The van der Waals surface area contributed by atoms with Gasteiger partial charge in [-0.3, -0.25) is 0 Å². The minimum atomic E-state index is -0.483. The average molecular weight is 302 g/mol. The van der Waals surface area contributed by atoms with Crippen LogP contribution in [0.3, 0.4) is 0 Å². The first-order valence-electron chi connectivity index (χ1n) is 5.51. The summed E-state index contributed by atoms with van der Waals surface area (Å²) < 4.78 is 12.1. The van der Waals surface area contributed by atoms with Gasteiger partial charge in [-0.05, 0) is 36.7 Å². The van der Waals surface area contributed by atoms with Gasteiger partial charge < -0.3 is 14.8 Å². The molecule has 1 unspecified atom stereocenters. The number of aromatic nitrogens is 2. The van der Waals surface area contributed by atoms with Gasteiger partial charge in [-0.1, -0.05) is 0 Å². The smallest absolute Gasteiger partial charge is 0.223 e. The third kappa shape index (κ3) is 3.37. The molecule has 17 heavy (non-hydrogen) atoms. The number of ether oxygens (including phenoxy) is 2. The van der Waals surface area contributed by atoms with E-state index >= 15 is 0 Å². The standard InChI is InChI=1S/C11H16BrN3O2/c1-7-9(12)5-14-10(15-7)13-4-8-6-16-11(2,3)17-8/h5,8H,4,6H2,1-3H3,(H,13,14,15). The molecule has 1 aromatic rings. The molecular formula is C11H16BrN3O2. The molecule has 0 spiro atoms. The maximum absolute atomic E-state index is 5.67. The van der Waals surface area contributed by atoms with Crippen molar-refractivity contribution in [2.45, 2.75) is 32.7 Å². The van der Waals surface area contributed by atoms with Gasteiger partial charge in [0.2, 0.25) is 5.95 Å². The van der Waals surface area contributed by atoms with E-state index in [1.54, 1.807) is 6.20 Å². The van der Waals surface area contributed by atoms with Gasteiger partial charge in [0.25, 0.3) is 0 Å². The molecule has 0 saturated carbocycles. The fourth-order valence-corrected chi connectivity index (χ4v) is 1.80. The first-order valence-corrected chi connectivity index (χ1v) is 6.30. The second kappa shape index (κ2) is 4.88. The Morgan fingerprint density at radius 3 is 2.94 bits per heavy atom. The van der Waals surface area contributed by atoms with E-state index in [-0.39, 0.29) is 6.10 Å². The van der Waals surface area contributed by atoms with Crippen molar-refractivity contribution < 1.29 is 9.47 Å². The first-order chi connectivity index (χ1) is 7.96. The van der Waals surface area contributed by atoms with Crippen LogP contribution in [-0.2, 0) is 9.47 Å². The van der Waals surface area contributed by atoms with Crippen LogP contribution in [-0.4, -0.2) is 35.0 Å². The lowest BCUT2D eigenvalue weighted by molar-refractivity contribution is -0.136. The highest BCUT2D eigenvalue weighted by Crippen LogP contribution is 2.22. The monoisotopic (exact) mass is 301 g/mol. The van der Waals surface area contributed by atoms with Gasteiger partial charge in [0.05, 0.1) is 16.8 Å². The van der Waals surface area contributed by atoms with Crippen LogP contribution in [0.2, 0.25) is 0 Å². The van der Waals surface area contributed by atoms with Crippen LogP contribution in [0, 0.1) is 6.92 Å². The van der Waals surface area contributed by atoms with Crippen LogP contribution in [0.15, 0.2) is 10.7 Å². The van der Waals surface area contributed by atoms with Crippen molar-refractivity contribution in [2.24, 2.45) is 0 Å². The molecule has 1 aromatic heterocycles. The maximum atomic E-state index is 5.67. The Balaban J connectivity index is 1.88. The molecule has 5 nitrogen and oxygen atoms in total. The lowest BCUT2D eigenvalue weighted by Gasteiger charge is -2.17. The lowest BCUT2D eigenvalue weighted by atomic mass is 10.3. The molecule has 1 aliphatic heterocycles. The molecule has 0 bridgehead atoms. The third-order valence-electron chi connectivity index (χ3n) is 2.47. The summed E-state index contributed by atoms with van der Waals surface area (Å²) in [6.07, 6.45) is 1.78. The van der Waals surface area contributed by atoms with E-state index in [0.717, 1.165) is 10.2 Å². The molecule has 2 heterocycles. The Hall–Kier alpha value is -0.720. The summed E-state index contributed by atoms with van der Waals surface area (Å²) in [4.78, 5) is 8.48. The fourth-order valence-electron chi connectivity index (χ4n) is 1.61. The summed E-state index contributed by atoms with van der Waals surface area (Å²) >= 11 is 3.36. The number of rotatable bonds is 3. The van der Waals surface area contributed by atoms with Crippen LogP contribution in [0.4, 0.5) is 5.95 Å². The van der Waals surface area contributed by atoms with Crippen LogP contribution >= 0.6 is 15.9 Å². The number of hydrogen-bond donors (Lipinski definition) is 1. The average Bonchev–Trinajstić information content (AvgIpc) is 2.60. The van der Waals surface area contributed by atoms with Crippen LogP contribution in [0.25, 0.3) is 0 Å². The van der Waals surface area contributed by atoms with Crippen molar-refractivity contribution >= 4 is 21.9 Å². The molecule has 1 N–H and O–H groups in total. The molecule has 2 rings (SSSR count). The molecule has 1 fully saturated rings. The quantitative estimate of drug-likeness (QED) is 0.927. The molecule has 0 aliphatic carbocycles. The molecule has 94 valence electrons. The first kappa shape index (κ1) is 12.7. The van der Waals surface area contributed by atoms with Gasteiger partial charge in [0.1, 0.15) is 6.10 Å². The second-order valence-electron chi connectivity index (χ2n) is 4.46. The minimum absolute atomic E-state index is 0.0394. The summed E-state index contributed by atoms with van der Waals surface area (Å²) in [6, 6.07) is 0. The third-order valence-corrected chi connectivity index (χ3v) is 3.25. The Morgan fingerprint density at radius 1 is 1.59 bits per heavy atom. The van der Waals surface area contributed by atoms with E-state index in [9.17, 15) is 0 Å². The van der Waals surface area contributed by atoms with E-state index < -0.39 is 5.79 Å². The fraction of sp³-hybridized carbons (Fsp3) is 0.636. The zero-order chi connectivity index (χ0) is 12.5. The second-order valence-corrected chi connectivity index (χ2v) is 5.31. The molecule has 6 heteroatoms. The molecule has 0 radical (unpaired) electrons. The molecule has 0 aromatic carbocycles. The zero-order valence-corrected chi connectivity index (χ0v) is 11.7. The molecule has 1 atom stereocenters. The number of hydrogen-bond acceptors (Lipinski definition) is 5. The van der Waals surface area contributed by atoms with Crippen molar-refractivity contribution in [1.29, 1.82) is 0 Å². The Kier molecular flexibility index (Phi) is 3.65. The van der Waals surface area contributed by atoms with Crippen molar-refractivity contribution in [3.05, 3.63) is 16.4 Å². The van der Waals surface area contributed by atoms with Crippen LogP contribution < -0.4 is 5.32 Å². The minimum Gasteiger partial charge on any atom is -0.352 e. The van der Waals surface area contributed by atoms with Gasteiger partial charge in [-0.25, -0.2) is 9.97 Å². The summed E-state index contributed by atoms with van der Waals surface area (Å²) in [5.41, 5.74) is 0.909. The number of nitrogens with zero attached hydrogens (tertiary/aromatic N) is 2. The predicted octanol–water partition coefficient (Wildman–Crippen LogP) is 2.11. The van der Waals surface area contributed by atoms with Gasteiger partial charge in [0, 0.05) is 12.7 Å². The van der Waals surface area contributed by atoms with E-state index in [0.29, 0.717) is 19.1 Å². The van der Waals surface area contributed by atoms with Gasteiger partial charge in [-0.2, -0.15) is 0 Å². The van der Waals surface area contributed by atoms with Crippen molar-refractivity contribution in [1.82, 2.24) is 9.97 Å². The SMILES string of the molecule is Cc1nc(NCC2COC(C)(C)O2)ncc1Br. The predicted molar refractivity (Wildman–Crippen MR) is 67.9 cm³/mol. The van der Waals surface area contributed by atoms with Crippen molar-refractivity contribution in [3.8, 4) is 0 Å². The topological polar surface area (TPSA) is 56.3 Å². The van der Waals surface area contributed by atoms with E-state index in [1.165, 1.54) is 0 Å². The number of anilines is 1. The largest absolute Gasteiger partial charge is 0.352 e. The van der Waals surface area contributed by atoms with E-state index in [2.05, 4.69) is 31.2 Å². The number of aryl methyl sites for hydroxylation is 1. The number of nitrogens with one attached hydrogen (secondary N) is 1. The van der Waals surface area contributed by atoms with Crippen molar-refractivity contribution in [2.75, 3.05) is 18.5 Å². The molecule has 0 amide bonds. The van der Waals surface area contributed by atoms with Gasteiger partial charge in [0.15, 0.2) is 5.79 Å². The lowest BCUT2D eigenvalue weighted by Crippen LogP contribution is -2.26. The normalized spacial score (nSPS) is 22.7. The van der Waals surface area contributed by atoms with Gasteiger partial charge in [-0.15, -0.1) is 0 Å². The van der Waals surface area contributed by atoms with E-state index in [4.69, 9.17) is 9.47 Å². The molecule has 1 saturated heterocycles. The highest BCUT2D eigenvalue weighted by atomic mass is 79.9. The van der Waals surface area contributed by atoms with Crippen molar-refractivity contribution in [3.63, 3.8) is 0 Å². The molecular weight excluding hydrogens is 286 g/mol. The van der Waals surface area contributed by atoms with E-state index in [1.807, 2.05) is 20.8 Å². The summed E-state index contributed by atoms with van der Waals surface area (Å²) in [7, 11) is 0. The highest BCUT2D eigenvalue weighted by Gasteiger charge is 2.32. The van der Waals surface area contributed by atoms with Crippen LogP contribution in [0.5, 0.6) is 0 Å². The van der Waals surface area contributed by atoms with Gasteiger partial charge >= 0.3 is 0 Å².